The Bertz CT molecular complexity index is 1220. The molecule has 2 aromatic heterocycles. The molecule has 1 fully saturated rings. The number of anilines is 2. The lowest BCUT2D eigenvalue weighted by molar-refractivity contribution is -0.154. The zero-order valence-corrected chi connectivity index (χ0v) is 20.2. The van der Waals surface area contributed by atoms with Gasteiger partial charge in [0.15, 0.2) is 11.6 Å². The molecule has 1 saturated heterocycles. The number of H-pyrrole nitrogens is 1. The van der Waals surface area contributed by atoms with Gasteiger partial charge in [-0.05, 0) is 38.8 Å². The van der Waals surface area contributed by atoms with Crippen LogP contribution in [0.25, 0.3) is 0 Å². The van der Waals surface area contributed by atoms with Gasteiger partial charge >= 0.3 is 5.97 Å². The number of halogens is 3. The van der Waals surface area contributed by atoms with Gasteiger partial charge in [-0.25, -0.2) is 18.7 Å². The van der Waals surface area contributed by atoms with Crippen LogP contribution < -0.4 is 5.32 Å². The van der Waals surface area contributed by atoms with E-state index in [2.05, 4.69) is 30.4 Å². The molecule has 1 aliphatic rings. The minimum atomic E-state index is -1.21. The van der Waals surface area contributed by atoms with E-state index >= 15 is 0 Å². The summed E-state index contributed by atoms with van der Waals surface area (Å²) in [4.78, 5) is 22.8. The zero-order valence-electron chi connectivity index (χ0n) is 19.5. The molecule has 0 unspecified atom stereocenters. The number of nitrogens with one attached hydrogen (secondary N) is 2. The zero-order chi connectivity index (χ0) is 25.2. The Balaban J connectivity index is 1.54. The van der Waals surface area contributed by atoms with Gasteiger partial charge in [0.05, 0.1) is 22.3 Å². The summed E-state index contributed by atoms with van der Waals surface area (Å²) in [5, 5.41) is 20.0. The molecular formula is C24H27ClF2N6O2. The number of carboxylic acid groups (broad SMARTS) is 1. The molecule has 1 aliphatic heterocycles. The van der Waals surface area contributed by atoms with Gasteiger partial charge in [-0.2, -0.15) is 5.10 Å². The van der Waals surface area contributed by atoms with Crippen molar-refractivity contribution in [1.29, 1.82) is 0 Å². The number of nitrogens with zero attached hydrogens (tertiary/aromatic N) is 4. The fraction of sp³-hybridized carbons (Fsp3) is 0.417. The van der Waals surface area contributed by atoms with Crippen molar-refractivity contribution in [1.82, 2.24) is 25.1 Å². The van der Waals surface area contributed by atoms with E-state index in [4.69, 9.17) is 11.6 Å². The molecular weight excluding hydrogens is 478 g/mol. The lowest BCUT2D eigenvalue weighted by atomic mass is 9.71. The van der Waals surface area contributed by atoms with Crippen molar-refractivity contribution in [2.75, 3.05) is 11.9 Å². The minimum Gasteiger partial charge on any atom is -0.481 e. The van der Waals surface area contributed by atoms with Crippen LogP contribution in [0.4, 0.5) is 20.5 Å². The van der Waals surface area contributed by atoms with Crippen molar-refractivity contribution in [2.24, 2.45) is 5.41 Å². The number of carboxylic acids is 1. The average Bonchev–Trinajstić information content (AvgIpc) is 3.24. The van der Waals surface area contributed by atoms with Crippen LogP contribution in [-0.2, 0) is 17.8 Å². The summed E-state index contributed by atoms with van der Waals surface area (Å²) in [6, 6.07) is 6.48. The normalized spacial score (nSPS) is 20.7. The van der Waals surface area contributed by atoms with Crippen LogP contribution in [0.5, 0.6) is 0 Å². The van der Waals surface area contributed by atoms with Crippen molar-refractivity contribution in [3.63, 3.8) is 0 Å². The second kappa shape index (κ2) is 10.2. The van der Waals surface area contributed by atoms with Crippen molar-refractivity contribution in [2.45, 2.75) is 52.1 Å². The van der Waals surface area contributed by atoms with Gasteiger partial charge in [0.25, 0.3) is 0 Å². The molecule has 0 spiro atoms. The van der Waals surface area contributed by atoms with Crippen LogP contribution in [0, 0.1) is 24.0 Å². The van der Waals surface area contributed by atoms with Gasteiger partial charge in [0, 0.05) is 36.3 Å². The van der Waals surface area contributed by atoms with Crippen LogP contribution >= 0.6 is 11.6 Å². The first-order chi connectivity index (χ1) is 16.7. The van der Waals surface area contributed by atoms with Crippen molar-refractivity contribution in [3.8, 4) is 0 Å². The molecule has 8 nitrogen and oxygen atoms in total. The predicted octanol–water partition coefficient (Wildman–Crippen LogP) is 4.87. The number of piperidine rings is 1. The molecule has 35 heavy (non-hydrogen) atoms. The van der Waals surface area contributed by atoms with Gasteiger partial charge in [0.1, 0.15) is 5.82 Å². The summed E-state index contributed by atoms with van der Waals surface area (Å²) in [5.41, 5.74) is 0.111. The van der Waals surface area contributed by atoms with Gasteiger partial charge in [-0.3, -0.25) is 14.8 Å². The fourth-order valence-corrected chi connectivity index (χ4v) is 4.85. The summed E-state index contributed by atoms with van der Waals surface area (Å²) < 4.78 is 29.2. The Labute approximate surface area is 206 Å². The van der Waals surface area contributed by atoms with Crippen molar-refractivity contribution in [3.05, 3.63) is 64.1 Å². The molecule has 11 heteroatoms. The second-order valence-electron chi connectivity index (χ2n) is 9.01. The number of aliphatic carboxylic acids is 1. The monoisotopic (exact) mass is 504 g/mol. The number of hydrogen-bond donors (Lipinski definition) is 3. The molecule has 3 heterocycles. The summed E-state index contributed by atoms with van der Waals surface area (Å²) in [6.07, 6.45) is 2.17. The van der Waals surface area contributed by atoms with E-state index in [1.54, 1.807) is 18.2 Å². The van der Waals surface area contributed by atoms with Crippen molar-refractivity contribution >= 4 is 29.3 Å². The van der Waals surface area contributed by atoms with E-state index in [0.29, 0.717) is 30.9 Å². The third-order valence-electron chi connectivity index (χ3n) is 6.62. The fourth-order valence-electron chi connectivity index (χ4n) is 4.66. The maximum absolute atomic E-state index is 14.7. The molecule has 3 aromatic rings. The third kappa shape index (κ3) is 5.43. The first-order valence-corrected chi connectivity index (χ1v) is 11.8. The van der Waals surface area contributed by atoms with Crippen LogP contribution in [0.2, 0.25) is 5.02 Å². The smallest absolute Gasteiger partial charge is 0.310 e. The Hall–Kier alpha value is -3.11. The molecule has 0 amide bonds. The summed E-state index contributed by atoms with van der Waals surface area (Å²) in [5.74, 6) is -1.52. The lowest BCUT2D eigenvalue weighted by Gasteiger charge is -2.44. The first-order valence-electron chi connectivity index (χ1n) is 11.4. The Morgan fingerprint density at radius 2 is 2.20 bits per heavy atom. The summed E-state index contributed by atoms with van der Waals surface area (Å²) in [7, 11) is 0. The number of aryl methyl sites for hydroxylation is 1. The number of likely N-dealkylation sites (tertiary alicyclic amines) is 1. The quantitative estimate of drug-likeness (QED) is 0.401. The van der Waals surface area contributed by atoms with Gasteiger partial charge in [-0.15, -0.1) is 0 Å². The van der Waals surface area contributed by atoms with Gasteiger partial charge < -0.3 is 10.4 Å². The lowest BCUT2D eigenvalue weighted by Crippen LogP contribution is -2.50. The van der Waals surface area contributed by atoms with E-state index in [-0.39, 0.29) is 42.0 Å². The highest BCUT2D eigenvalue weighted by Gasteiger charge is 2.46. The maximum atomic E-state index is 14.7. The third-order valence-corrected chi connectivity index (χ3v) is 6.91. The molecule has 186 valence electrons. The number of carbonyl (C=O) groups is 1. The highest BCUT2D eigenvalue weighted by atomic mass is 35.5. The van der Waals surface area contributed by atoms with Crippen LogP contribution in [0.3, 0.4) is 0 Å². The highest BCUT2D eigenvalue weighted by molar-refractivity contribution is 6.30. The molecule has 4 rings (SSSR count). The SMILES string of the molecule is CC[C@@H]1C[C@](Cc2nc(Nc3cc(C)[nH]n3)ncc2F)(C(=O)O)CCN1Cc1cccc(Cl)c1F. The average molecular weight is 505 g/mol. The van der Waals surface area contributed by atoms with Gasteiger partial charge in [-0.1, -0.05) is 30.7 Å². The number of hydrogen-bond acceptors (Lipinski definition) is 6. The number of benzene rings is 1. The number of rotatable bonds is 8. The van der Waals surface area contributed by atoms with E-state index in [0.717, 1.165) is 11.9 Å². The van der Waals surface area contributed by atoms with Crippen LogP contribution in [0.1, 0.15) is 43.1 Å². The number of aromatic nitrogens is 4. The van der Waals surface area contributed by atoms with E-state index in [9.17, 15) is 18.7 Å². The second-order valence-corrected chi connectivity index (χ2v) is 9.42. The van der Waals surface area contributed by atoms with Crippen molar-refractivity contribution < 1.29 is 18.7 Å². The standard InChI is InChI=1S/C24H27ClF2N6O2/c1-3-16-10-24(22(34)35,7-8-33(16)13-15-5-4-6-17(25)21(15)27)11-19-18(26)12-28-23(29-19)30-20-9-14(2)31-32-20/h4-6,9,12,16H,3,7-8,10-11,13H2,1-2H3,(H,34,35)(H2,28,29,30,31,32)/t16-,24-/m1/s1. The maximum Gasteiger partial charge on any atom is 0.310 e. The Kier molecular flexibility index (Phi) is 7.32. The summed E-state index contributed by atoms with van der Waals surface area (Å²) in [6.45, 7) is 4.53. The Morgan fingerprint density at radius 1 is 1.40 bits per heavy atom. The van der Waals surface area contributed by atoms with Crippen LogP contribution in [-0.4, -0.2) is 48.7 Å². The summed E-state index contributed by atoms with van der Waals surface area (Å²) >= 11 is 5.93. The molecule has 0 saturated carbocycles. The van der Waals surface area contributed by atoms with E-state index in [1.165, 1.54) is 6.07 Å². The van der Waals surface area contributed by atoms with E-state index < -0.39 is 23.0 Å². The molecule has 0 radical (unpaired) electrons. The largest absolute Gasteiger partial charge is 0.481 e. The predicted molar refractivity (Wildman–Crippen MR) is 128 cm³/mol. The molecule has 3 N–H and O–H groups in total. The molecule has 1 aromatic carbocycles. The Morgan fingerprint density at radius 3 is 2.89 bits per heavy atom. The molecule has 0 bridgehead atoms. The minimum absolute atomic E-state index is 0.0290. The highest BCUT2D eigenvalue weighted by Crippen LogP contribution is 2.40. The van der Waals surface area contributed by atoms with E-state index in [1.807, 2.05) is 13.8 Å². The van der Waals surface area contributed by atoms with Crippen LogP contribution in [0.15, 0.2) is 30.5 Å². The van der Waals surface area contributed by atoms with Gasteiger partial charge in [0.2, 0.25) is 5.95 Å². The number of aromatic amines is 1. The molecule has 2 atom stereocenters. The molecule has 0 aliphatic carbocycles. The first kappa shape index (κ1) is 25.0. The topological polar surface area (TPSA) is 107 Å².